The number of aromatic nitrogens is 1. The number of carboxylic acid groups (broad SMARTS) is 1. The second-order valence-corrected chi connectivity index (χ2v) is 10.5. The first kappa shape index (κ1) is 24.0. The number of amides is 1. The summed E-state index contributed by atoms with van der Waals surface area (Å²) in [5, 5.41) is 17.0. The molecule has 4 rings (SSSR count). The number of carboxylic acids is 1. The standard InChI is InChI=1S/C19H19N5O7S3/c1-30-23-13(11-7-33-19(20)22-11)15(25)21-10-5-24-14(17(26)27)9(8-34(29)16(10)24)6-32-18(28)12-3-2-4-31-12/h2-4,7,10,16H,5-6,8H2,1H3,(H2,20,22)(H,21,25)(H,26,27)/t10-,16-,34?/m1/s1. The molecule has 3 atom stereocenters. The van der Waals surface area contributed by atoms with Gasteiger partial charge in [0.05, 0.1) is 28.9 Å². The minimum absolute atomic E-state index is 0.00657. The molecule has 0 radical (unpaired) electrons. The fraction of sp³-hybridized carbons (Fsp3) is 0.316. The molecule has 0 saturated carbocycles. The van der Waals surface area contributed by atoms with Crippen molar-refractivity contribution in [2.45, 2.75) is 11.4 Å². The quantitative estimate of drug-likeness (QED) is 0.322. The predicted octanol–water partition coefficient (Wildman–Crippen LogP) is 0.470. The fourth-order valence-electron chi connectivity index (χ4n) is 3.61. The number of aliphatic carboxylic acids is 1. The van der Waals surface area contributed by atoms with Gasteiger partial charge in [-0.05, 0) is 17.7 Å². The number of fused-ring (bicyclic) bond motifs is 1. The van der Waals surface area contributed by atoms with Crippen molar-refractivity contribution in [1.82, 2.24) is 15.2 Å². The molecule has 4 heterocycles. The number of thiazole rings is 1. The first-order valence-electron chi connectivity index (χ1n) is 9.73. The SMILES string of the molecule is CON=C(C(=O)N[C@@H]1CN2C(C(=O)O)=C(CSC(=O)c3ccco3)CS(=O)[C@H]12)c1csc(N)n1. The van der Waals surface area contributed by atoms with Gasteiger partial charge in [0, 0.05) is 17.7 Å². The van der Waals surface area contributed by atoms with E-state index in [9.17, 15) is 23.7 Å². The number of carbonyl (C=O) groups is 3. The van der Waals surface area contributed by atoms with E-state index in [1.165, 1.54) is 24.3 Å². The van der Waals surface area contributed by atoms with E-state index in [-0.39, 0.29) is 51.2 Å². The summed E-state index contributed by atoms with van der Waals surface area (Å²) in [4.78, 5) is 47.3. The van der Waals surface area contributed by atoms with Crippen molar-refractivity contribution in [2.75, 3.05) is 30.9 Å². The number of nitrogens with one attached hydrogen (secondary N) is 1. The average Bonchev–Trinajstić information content (AvgIpc) is 3.45. The van der Waals surface area contributed by atoms with Crippen LogP contribution in [0.3, 0.4) is 0 Å². The number of nitrogens with two attached hydrogens (primary N) is 1. The van der Waals surface area contributed by atoms with Gasteiger partial charge in [-0.25, -0.2) is 9.78 Å². The maximum atomic E-state index is 13.0. The minimum Gasteiger partial charge on any atom is -0.477 e. The van der Waals surface area contributed by atoms with Gasteiger partial charge in [-0.2, -0.15) is 0 Å². The van der Waals surface area contributed by atoms with Gasteiger partial charge in [0.25, 0.3) is 11.0 Å². The summed E-state index contributed by atoms with van der Waals surface area (Å²) in [5.74, 6) is -1.62. The van der Waals surface area contributed by atoms with E-state index in [1.54, 1.807) is 11.4 Å². The highest BCUT2D eigenvalue weighted by Crippen LogP contribution is 2.35. The third kappa shape index (κ3) is 4.71. The summed E-state index contributed by atoms with van der Waals surface area (Å²) in [5.41, 5.74) is 6.14. The van der Waals surface area contributed by atoms with E-state index < -0.39 is 34.1 Å². The number of carbonyl (C=O) groups excluding carboxylic acids is 2. The summed E-state index contributed by atoms with van der Waals surface area (Å²) in [6.45, 7) is 0.129. The van der Waals surface area contributed by atoms with Crippen LogP contribution in [-0.4, -0.2) is 78.5 Å². The maximum Gasteiger partial charge on any atom is 0.352 e. The number of hydrogen-bond donors (Lipinski definition) is 3. The van der Waals surface area contributed by atoms with Crippen LogP contribution in [0.2, 0.25) is 0 Å². The smallest absolute Gasteiger partial charge is 0.352 e. The Balaban J connectivity index is 1.47. The number of nitrogens with zero attached hydrogens (tertiary/aromatic N) is 3. The molecule has 34 heavy (non-hydrogen) atoms. The maximum absolute atomic E-state index is 13.0. The molecule has 2 aromatic heterocycles. The van der Waals surface area contributed by atoms with Gasteiger partial charge >= 0.3 is 5.97 Å². The molecule has 1 unspecified atom stereocenters. The summed E-state index contributed by atoms with van der Waals surface area (Å²) < 4.78 is 18.0. The number of hydrogen-bond acceptors (Lipinski definition) is 12. The van der Waals surface area contributed by atoms with E-state index in [0.717, 1.165) is 23.1 Å². The van der Waals surface area contributed by atoms with Gasteiger partial charge in [-0.15, -0.1) is 11.3 Å². The minimum atomic E-state index is -1.51. The zero-order valence-corrected chi connectivity index (χ0v) is 20.1. The second kappa shape index (κ2) is 9.99. The average molecular weight is 526 g/mol. The lowest BCUT2D eigenvalue weighted by atomic mass is 10.0. The molecule has 4 N–H and O–H groups in total. The van der Waals surface area contributed by atoms with E-state index >= 15 is 0 Å². The lowest BCUT2D eigenvalue weighted by Gasteiger charge is -2.51. The molecule has 1 fully saturated rings. The van der Waals surface area contributed by atoms with Crippen molar-refractivity contribution in [3.63, 3.8) is 0 Å². The molecule has 12 nitrogen and oxygen atoms in total. The number of furan rings is 1. The van der Waals surface area contributed by atoms with Crippen LogP contribution in [0.4, 0.5) is 5.13 Å². The molecule has 2 aliphatic rings. The predicted molar refractivity (Wildman–Crippen MR) is 126 cm³/mol. The molecular weight excluding hydrogens is 506 g/mol. The normalized spacial score (nSPS) is 22.1. The van der Waals surface area contributed by atoms with Gasteiger partial charge in [0.1, 0.15) is 23.9 Å². The highest BCUT2D eigenvalue weighted by atomic mass is 32.2. The van der Waals surface area contributed by atoms with Crippen molar-refractivity contribution >= 4 is 61.7 Å². The van der Waals surface area contributed by atoms with E-state index in [0.29, 0.717) is 5.57 Å². The van der Waals surface area contributed by atoms with Crippen molar-refractivity contribution in [1.29, 1.82) is 0 Å². The molecule has 0 bridgehead atoms. The molecule has 1 amide bonds. The molecule has 0 spiro atoms. The molecule has 2 aromatic rings. The molecule has 180 valence electrons. The monoisotopic (exact) mass is 525 g/mol. The highest BCUT2D eigenvalue weighted by Gasteiger charge is 2.50. The van der Waals surface area contributed by atoms with Crippen molar-refractivity contribution < 1.29 is 33.0 Å². The van der Waals surface area contributed by atoms with Gasteiger partial charge in [-0.1, -0.05) is 16.9 Å². The van der Waals surface area contributed by atoms with Crippen LogP contribution < -0.4 is 11.1 Å². The van der Waals surface area contributed by atoms with Crippen LogP contribution in [-0.2, 0) is 25.2 Å². The van der Waals surface area contributed by atoms with E-state index in [1.807, 2.05) is 0 Å². The van der Waals surface area contributed by atoms with Gasteiger partial charge in [0.2, 0.25) is 0 Å². The Morgan fingerprint density at radius 3 is 2.91 bits per heavy atom. The summed E-state index contributed by atoms with van der Waals surface area (Å²) in [7, 11) is -0.231. The third-order valence-electron chi connectivity index (χ3n) is 5.03. The first-order valence-corrected chi connectivity index (χ1v) is 13.0. The van der Waals surface area contributed by atoms with Crippen molar-refractivity contribution in [3.8, 4) is 0 Å². The van der Waals surface area contributed by atoms with Crippen LogP contribution in [0.5, 0.6) is 0 Å². The summed E-state index contributed by atoms with van der Waals surface area (Å²) in [6.07, 6.45) is 1.37. The Labute approximate surface area is 203 Å². The Kier molecular flexibility index (Phi) is 7.04. The Bertz CT molecular complexity index is 1210. The zero-order chi connectivity index (χ0) is 24.4. The van der Waals surface area contributed by atoms with E-state index in [2.05, 4.69) is 15.5 Å². The Morgan fingerprint density at radius 1 is 1.50 bits per heavy atom. The van der Waals surface area contributed by atoms with Crippen LogP contribution in [0.15, 0.2) is 44.6 Å². The number of thioether (sulfide) groups is 1. The first-order chi connectivity index (χ1) is 16.3. The second-order valence-electron chi connectivity index (χ2n) is 7.15. The summed E-state index contributed by atoms with van der Waals surface area (Å²) in [6, 6.07) is 2.51. The molecule has 2 aliphatic heterocycles. The van der Waals surface area contributed by atoms with Crippen molar-refractivity contribution in [2.24, 2.45) is 5.16 Å². The lowest BCUT2D eigenvalue weighted by Crippen LogP contribution is -2.70. The van der Waals surface area contributed by atoms with Crippen LogP contribution >= 0.6 is 23.1 Å². The van der Waals surface area contributed by atoms with Crippen molar-refractivity contribution in [3.05, 3.63) is 46.5 Å². The molecule has 0 aromatic carbocycles. The number of oxime groups is 1. The molecular formula is C19H19N5O7S3. The van der Waals surface area contributed by atoms with Gasteiger partial charge < -0.3 is 30.3 Å². The topological polar surface area (TPSA) is 177 Å². The highest BCUT2D eigenvalue weighted by molar-refractivity contribution is 8.14. The summed E-state index contributed by atoms with van der Waals surface area (Å²) >= 11 is 2.01. The number of anilines is 1. The zero-order valence-electron chi connectivity index (χ0n) is 17.6. The molecule has 15 heteroatoms. The Morgan fingerprint density at radius 2 is 2.29 bits per heavy atom. The third-order valence-corrected chi connectivity index (χ3v) is 8.42. The number of rotatable bonds is 8. The van der Waals surface area contributed by atoms with Crippen LogP contribution in [0, 0.1) is 0 Å². The molecule has 0 aliphatic carbocycles. The largest absolute Gasteiger partial charge is 0.477 e. The fourth-order valence-corrected chi connectivity index (χ4v) is 6.83. The molecule has 1 saturated heterocycles. The number of nitrogen functional groups attached to an aromatic ring is 1. The van der Waals surface area contributed by atoms with E-state index in [4.69, 9.17) is 15.0 Å². The Hall–Kier alpha value is -3.17. The lowest BCUT2D eigenvalue weighted by molar-refractivity contribution is -0.135. The van der Waals surface area contributed by atoms with Crippen LogP contribution in [0.25, 0.3) is 0 Å². The van der Waals surface area contributed by atoms with Crippen LogP contribution in [0.1, 0.15) is 16.2 Å². The van der Waals surface area contributed by atoms with Gasteiger partial charge in [0.15, 0.2) is 16.6 Å². The van der Waals surface area contributed by atoms with Gasteiger partial charge in [-0.3, -0.25) is 13.8 Å².